The third-order valence-electron chi connectivity index (χ3n) is 2.92. The normalized spacial score (nSPS) is 10.9. The lowest BCUT2D eigenvalue weighted by Gasteiger charge is -2.25. The smallest absolute Gasteiger partial charge is 0.123 e. The van der Waals surface area contributed by atoms with Gasteiger partial charge in [-0.1, -0.05) is 24.3 Å². The summed E-state index contributed by atoms with van der Waals surface area (Å²) in [6.07, 6.45) is 1.92. The van der Waals surface area contributed by atoms with Gasteiger partial charge in [0.1, 0.15) is 12.4 Å². The van der Waals surface area contributed by atoms with Crippen molar-refractivity contribution in [3.05, 3.63) is 42.5 Å². The topological polar surface area (TPSA) is 38.5 Å². The Balaban J connectivity index is 2.47. The van der Waals surface area contributed by atoms with Crippen molar-refractivity contribution in [1.82, 2.24) is 4.90 Å². The first-order valence-electron chi connectivity index (χ1n) is 6.44. The quantitative estimate of drug-likeness (QED) is 0.718. The molecule has 0 heterocycles. The molecule has 1 aromatic carbocycles. The van der Waals surface area contributed by atoms with Crippen LogP contribution in [-0.2, 0) is 6.54 Å². The van der Waals surface area contributed by atoms with Crippen molar-refractivity contribution in [3.8, 4) is 5.75 Å². The molecule has 0 atom stereocenters. The zero-order valence-corrected chi connectivity index (χ0v) is 11.4. The molecule has 3 nitrogen and oxygen atoms in total. The third-order valence-corrected chi connectivity index (χ3v) is 2.92. The summed E-state index contributed by atoms with van der Waals surface area (Å²) in [5.74, 6) is 0.891. The van der Waals surface area contributed by atoms with E-state index in [-0.39, 0.29) is 0 Å². The van der Waals surface area contributed by atoms with Crippen molar-refractivity contribution in [2.45, 2.75) is 26.4 Å². The predicted octanol–water partition coefficient (Wildman–Crippen LogP) is 2.42. The fourth-order valence-corrected chi connectivity index (χ4v) is 1.81. The summed E-state index contributed by atoms with van der Waals surface area (Å²) >= 11 is 0. The van der Waals surface area contributed by atoms with E-state index in [0.717, 1.165) is 24.4 Å². The number of benzene rings is 1. The summed E-state index contributed by atoms with van der Waals surface area (Å²) in [4.78, 5) is 2.32. The first-order chi connectivity index (χ1) is 8.69. The number of hydrogen-bond donors (Lipinski definition) is 1. The Morgan fingerprint density at radius 3 is 2.72 bits per heavy atom. The average molecular weight is 248 g/mol. The fourth-order valence-electron chi connectivity index (χ4n) is 1.81. The van der Waals surface area contributed by atoms with Gasteiger partial charge < -0.3 is 10.5 Å². The van der Waals surface area contributed by atoms with Gasteiger partial charge >= 0.3 is 0 Å². The fraction of sp³-hybridized carbons (Fsp3) is 0.467. The minimum Gasteiger partial charge on any atom is -0.492 e. The highest BCUT2D eigenvalue weighted by Crippen LogP contribution is 2.16. The maximum atomic E-state index is 5.80. The van der Waals surface area contributed by atoms with Gasteiger partial charge in [0.05, 0.1) is 0 Å². The molecule has 100 valence electrons. The summed E-state index contributed by atoms with van der Waals surface area (Å²) in [7, 11) is 0. The molecule has 3 heteroatoms. The maximum absolute atomic E-state index is 5.80. The summed E-state index contributed by atoms with van der Waals surface area (Å²) in [6.45, 7) is 11.1. The van der Waals surface area contributed by atoms with E-state index >= 15 is 0 Å². The lowest BCUT2D eigenvalue weighted by atomic mass is 10.2. The molecule has 0 bridgehead atoms. The average Bonchev–Trinajstić information content (AvgIpc) is 2.38. The standard InChI is InChI=1S/C15H24N2O/c1-4-9-17(13(2)3)10-11-18-15-8-6-5-7-14(15)12-16/h4-8,13H,1,9-12,16H2,2-3H3. The monoisotopic (exact) mass is 248 g/mol. The van der Waals surface area contributed by atoms with Gasteiger partial charge in [0.15, 0.2) is 0 Å². The molecule has 0 radical (unpaired) electrons. The molecule has 0 amide bonds. The molecule has 2 N–H and O–H groups in total. The van der Waals surface area contributed by atoms with Crippen molar-refractivity contribution in [2.75, 3.05) is 19.7 Å². The van der Waals surface area contributed by atoms with E-state index in [1.807, 2.05) is 30.3 Å². The number of nitrogens with zero attached hydrogens (tertiary/aromatic N) is 1. The van der Waals surface area contributed by atoms with Crippen LogP contribution in [0.25, 0.3) is 0 Å². The van der Waals surface area contributed by atoms with E-state index in [4.69, 9.17) is 10.5 Å². The van der Waals surface area contributed by atoms with E-state index in [9.17, 15) is 0 Å². The van der Waals surface area contributed by atoms with Crippen LogP contribution in [0, 0.1) is 0 Å². The minimum absolute atomic E-state index is 0.497. The zero-order chi connectivity index (χ0) is 13.4. The van der Waals surface area contributed by atoms with Crippen LogP contribution in [0.5, 0.6) is 5.75 Å². The Bertz CT molecular complexity index is 363. The first kappa shape index (κ1) is 14.7. The Labute approximate surface area is 110 Å². The molecule has 0 fully saturated rings. The number of hydrogen-bond acceptors (Lipinski definition) is 3. The van der Waals surface area contributed by atoms with Crippen LogP contribution in [0.2, 0.25) is 0 Å². The largest absolute Gasteiger partial charge is 0.492 e. The molecule has 0 unspecified atom stereocenters. The van der Waals surface area contributed by atoms with Crippen LogP contribution in [0.3, 0.4) is 0 Å². The second kappa shape index (κ2) is 7.90. The molecule has 0 aliphatic carbocycles. The molecule has 0 aliphatic heterocycles. The maximum Gasteiger partial charge on any atom is 0.123 e. The lowest BCUT2D eigenvalue weighted by molar-refractivity contribution is 0.190. The van der Waals surface area contributed by atoms with Crippen LogP contribution in [0.1, 0.15) is 19.4 Å². The summed E-state index contributed by atoms with van der Waals surface area (Å²) in [5, 5.41) is 0. The lowest BCUT2D eigenvalue weighted by Crippen LogP contribution is -2.34. The Morgan fingerprint density at radius 2 is 2.11 bits per heavy atom. The Hall–Kier alpha value is -1.32. The number of nitrogens with two attached hydrogens (primary N) is 1. The van der Waals surface area contributed by atoms with E-state index in [1.54, 1.807) is 0 Å². The molecule has 0 aliphatic rings. The van der Waals surface area contributed by atoms with Crippen LogP contribution in [-0.4, -0.2) is 30.6 Å². The van der Waals surface area contributed by atoms with Crippen LogP contribution >= 0.6 is 0 Å². The van der Waals surface area contributed by atoms with E-state index < -0.39 is 0 Å². The molecule has 0 aromatic heterocycles. The molecule has 1 aromatic rings. The Morgan fingerprint density at radius 1 is 1.39 bits per heavy atom. The molecular weight excluding hydrogens is 224 g/mol. The van der Waals surface area contributed by atoms with Crippen molar-refractivity contribution < 1.29 is 4.74 Å². The van der Waals surface area contributed by atoms with Gasteiger partial charge in [0.2, 0.25) is 0 Å². The highest BCUT2D eigenvalue weighted by molar-refractivity contribution is 5.32. The SMILES string of the molecule is C=CCN(CCOc1ccccc1CN)C(C)C. The number of ether oxygens (including phenoxy) is 1. The molecule has 1 rings (SSSR count). The van der Waals surface area contributed by atoms with E-state index in [1.165, 1.54) is 0 Å². The first-order valence-corrected chi connectivity index (χ1v) is 6.44. The van der Waals surface area contributed by atoms with Crippen molar-refractivity contribution >= 4 is 0 Å². The van der Waals surface area contributed by atoms with Crippen molar-refractivity contribution in [3.63, 3.8) is 0 Å². The van der Waals surface area contributed by atoms with Gasteiger partial charge in [0.25, 0.3) is 0 Å². The van der Waals surface area contributed by atoms with E-state index in [0.29, 0.717) is 19.2 Å². The second-order valence-electron chi connectivity index (χ2n) is 4.54. The zero-order valence-electron chi connectivity index (χ0n) is 11.4. The van der Waals surface area contributed by atoms with Gasteiger partial charge in [-0.25, -0.2) is 0 Å². The molecule has 18 heavy (non-hydrogen) atoms. The second-order valence-corrected chi connectivity index (χ2v) is 4.54. The van der Waals surface area contributed by atoms with Gasteiger partial charge in [0, 0.05) is 31.2 Å². The van der Waals surface area contributed by atoms with Crippen LogP contribution in [0.15, 0.2) is 36.9 Å². The minimum atomic E-state index is 0.497. The van der Waals surface area contributed by atoms with Gasteiger partial charge in [-0.15, -0.1) is 6.58 Å². The predicted molar refractivity (Wildman–Crippen MR) is 76.7 cm³/mol. The van der Waals surface area contributed by atoms with E-state index in [2.05, 4.69) is 25.3 Å². The molecule has 0 spiro atoms. The summed E-state index contributed by atoms with van der Waals surface area (Å²) in [5.41, 5.74) is 6.73. The van der Waals surface area contributed by atoms with Crippen molar-refractivity contribution in [1.29, 1.82) is 0 Å². The van der Waals surface area contributed by atoms with Crippen molar-refractivity contribution in [2.24, 2.45) is 5.73 Å². The summed E-state index contributed by atoms with van der Waals surface area (Å²) in [6, 6.07) is 8.41. The van der Waals surface area contributed by atoms with Gasteiger partial charge in [-0.3, -0.25) is 4.90 Å². The number of para-hydroxylation sites is 1. The number of rotatable bonds is 8. The third kappa shape index (κ3) is 4.51. The summed E-state index contributed by atoms with van der Waals surface area (Å²) < 4.78 is 5.80. The molecular formula is C15H24N2O. The van der Waals surface area contributed by atoms with Crippen LogP contribution in [0.4, 0.5) is 0 Å². The molecule has 0 saturated carbocycles. The van der Waals surface area contributed by atoms with Gasteiger partial charge in [-0.05, 0) is 19.9 Å². The molecule has 0 saturated heterocycles. The van der Waals surface area contributed by atoms with Gasteiger partial charge in [-0.2, -0.15) is 0 Å². The van der Waals surface area contributed by atoms with Crippen LogP contribution < -0.4 is 10.5 Å². The highest BCUT2D eigenvalue weighted by Gasteiger charge is 2.08. The highest BCUT2D eigenvalue weighted by atomic mass is 16.5. The Kier molecular flexibility index (Phi) is 6.47.